The van der Waals surface area contributed by atoms with Crippen LogP contribution in [0.2, 0.25) is 0 Å². The quantitative estimate of drug-likeness (QED) is 0.522. The van der Waals surface area contributed by atoms with E-state index in [0.717, 1.165) is 5.75 Å². The normalized spacial score (nSPS) is 12.6. The van der Waals surface area contributed by atoms with Gasteiger partial charge in [-0.05, 0) is 11.3 Å². The largest absolute Gasteiger partial charge is 0.382 e. The van der Waals surface area contributed by atoms with Crippen LogP contribution in [0.25, 0.3) is 0 Å². The van der Waals surface area contributed by atoms with Gasteiger partial charge in [0.1, 0.15) is 0 Å². The average molecular weight is 270 g/mol. The first-order chi connectivity index (χ1) is 8.88. The predicted octanol–water partition coefficient (Wildman–Crippen LogP) is 2.38. The fourth-order valence-corrected chi connectivity index (χ4v) is 1.88. The van der Waals surface area contributed by atoms with Gasteiger partial charge < -0.3 is 14.2 Å². The number of benzene rings is 1. The van der Waals surface area contributed by atoms with E-state index in [1.165, 1.54) is 5.56 Å². The van der Waals surface area contributed by atoms with Crippen molar-refractivity contribution in [2.45, 2.75) is 5.92 Å². The molecule has 0 heterocycles. The summed E-state index contributed by atoms with van der Waals surface area (Å²) in [6.45, 7) is 3.15. The fourth-order valence-electron chi connectivity index (χ4n) is 1.57. The summed E-state index contributed by atoms with van der Waals surface area (Å²) in [6, 6.07) is 10.3. The summed E-state index contributed by atoms with van der Waals surface area (Å²) in [7, 11) is 1.66. The lowest BCUT2D eigenvalue weighted by atomic mass is 10.0. The van der Waals surface area contributed by atoms with Crippen LogP contribution in [0.1, 0.15) is 11.5 Å². The van der Waals surface area contributed by atoms with Gasteiger partial charge in [0, 0.05) is 13.0 Å². The van der Waals surface area contributed by atoms with Gasteiger partial charge in [-0.15, -0.1) is 0 Å². The predicted molar refractivity (Wildman–Crippen MR) is 76.6 cm³/mol. The van der Waals surface area contributed by atoms with Crippen molar-refractivity contribution in [3.8, 4) is 0 Å². The molecule has 102 valence electrons. The van der Waals surface area contributed by atoms with E-state index in [1.807, 2.05) is 18.2 Å². The second-order valence-corrected chi connectivity index (χ2v) is 4.34. The van der Waals surface area contributed by atoms with E-state index in [2.05, 4.69) is 24.8 Å². The van der Waals surface area contributed by atoms with Crippen molar-refractivity contribution in [3.63, 3.8) is 0 Å². The first kappa shape index (κ1) is 15.5. The molecular weight excluding hydrogens is 248 g/mol. The highest BCUT2D eigenvalue weighted by molar-refractivity contribution is 7.80. The maximum absolute atomic E-state index is 5.61. The van der Waals surface area contributed by atoms with Gasteiger partial charge in [-0.2, -0.15) is 12.6 Å². The van der Waals surface area contributed by atoms with Crippen LogP contribution in [-0.4, -0.2) is 45.9 Å². The van der Waals surface area contributed by atoms with Gasteiger partial charge in [-0.25, -0.2) is 0 Å². The molecule has 3 nitrogen and oxygen atoms in total. The molecule has 0 fully saturated rings. The van der Waals surface area contributed by atoms with Crippen LogP contribution in [0, 0.1) is 0 Å². The van der Waals surface area contributed by atoms with Crippen LogP contribution in [0.4, 0.5) is 0 Å². The molecule has 1 atom stereocenters. The van der Waals surface area contributed by atoms with E-state index in [0.29, 0.717) is 39.0 Å². The smallest absolute Gasteiger partial charge is 0.0701 e. The Morgan fingerprint density at radius 3 is 2.33 bits per heavy atom. The van der Waals surface area contributed by atoms with Gasteiger partial charge in [-0.1, -0.05) is 30.3 Å². The number of ether oxygens (including phenoxy) is 3. The van der Waals surface area contributed by atoms with Gasteiger partial charge in [0.05, 0.1) is 33.0 Å². The van der Waals surface area contributed by atoms with Crippen molar-refractivity contribution in [1.82, 2.24) is 0 Å². The van der Waals surface area contributed by atoms with Crippen molar-refractivity contribution in [2.75, 3.05) is 45.9 Å². The summed E-state index contributed by atoms with van der Waals surface area (Å²) >= 11 is 4.37. The molecule has 0 aliphatic carbocycles. The lowest BCUT2D eigenvalue weighted by Crippen LogP contribution is -2.14. The van der Waals surface area contributed by atoms with Crippen LogP contribution in [0.15, 0.2) is 30.3 Å². The summed E-state index contributed by atoms with van der Waals surface area (Å²) in [5.74, 6) is 1.13. The molecule has 0 aromatic heterocycles. The Morgan fingerprint density at radius 2 is 1.67 bits per heavy atom. The zero-order valence-corrected chi connectivity index (χ0v) is 11.8. The van der Waals surface area contributed by atoms with Gasteiger partial charge in [0.2, 0.25) is 0 Å². The monoisotopic (exact) mass is 270 g/mol. The third kappa shape index (κ3) is 6.40. The first-order valence-corrected chi connectivity index (χ1v) is 6.82. The lowest BCUT2D eigenvalue weighted by molar-refractivity contribution is 0.0224. The molecule has 0 N–H and O–H groups in total. The fraction of sp³-hybridized carbons (Fsp3) is 0.571. The Labute approximate surface area is 115 Å². The molecule has 18 heavy (non-hydrogen) atoms. The topological polar surface area (TPSA) is 27.7 Å². The van der Waals surface area contributed by atoms with E-state index in [9.17, 15) is 0 Å². The maximum Gasteiger partial charge on any atom is 0.0701 e. The van der Waals surface area contributed by atoms with Crippen LogP contribution >= 0.6 is 12.6 Å². The van der Waals surface area contributed by atoms with E-state index >= 15 is 0 Å². The minimum Gasteiger partial charge on any atom is -0.382 e. The molecule has 0 saturated carbocycles. The number of methoxy groups -OCH3 is 1. The molecular formula is C14H22O3S. The molecule has 1 rings (SSSR count). The standard InChI is InChI=1S/C14H22O3S/c1-15-7-8-16-9-10-17-11-14(12-18)13-5-3-2-4-6-13/h2-6,14,18H,7-12H2,1H3. The molecule has 0 aliphatic rings. The first-order valence-electron chi connectivity index (χ1n) is 6.18. The summed E-state index contributed by atoms with van der Waals surface area (Å²) in [4.78, 5) is 0. The summed E-state index contributed by atoms with van der Waals surface area (Å²) in [6.07, 6.45) is 0. The molecule has 0 aliphatic heterocycles. The second-order valence-electron chi connectivity index (χ2n) is 3.97. The molecule has 0 spiro atoms. The van der Waals surface area contributed by atoms with Gasteiger partial charge in [-0.3, -0.25) is 0 Å². The molecule has 0 saturated heterocycles. The van der Waals surface area contributed by atoms with E-state index in [-0.39, 0.29) is 0 Å². The number of thiol groups is 1. The maximum atomic E-state index is 5.61. The van der Waals surface area contributed by atoms with E-state index in [1.54, 1.807) is 7.11 Å². The van der Waals surface area contributed by atoms with Crippen LogP contribution in [-0.2, 0) is 14.2 Å². The van der Waals surface area contributed by atoms with Crippen molar-refractivity contribution in [1.29, 1.82) is 0 Å². The minimum absolute atomic E-state index is 0.341. The third-order valence-electron chi connectivity index (χ3n) is 2.61. The van der Waals surface area contributed by atoms with Gasteiger partial charge in [0.25, 0.3) is 0 Å². The van der Waals surface area contributed by atoms with E-state index in [4.69, 9.17) is 14.2 Å². The summed E-state index contributed by atoms with van der Waals surface area (Å²) < 4.78 is 15.8. The van der Waals surface area contributed by atoms with Crippen LogP contribution < -0.4 is 0 Å². The zero-order chi connectivity index (χ0) is 13.1. The highest BCUT2D eigenvalue weighted by Crippen LogP contribution is 2.17. The number of rotatable bonds is 10. The Morgan fingerprint density at radius 1 is 1.00 bits per heavy atom. The molecule has 1 aromatic carbocycles. The van der Waals surface area contributed by atoms with E-state index < -0.39 is 0 Å². The third-order valence-corrected chi connectivity index (χ3v) is 3.05. The number of hydrogen-bond acceptors (Lipinski definition) is 4. The van der Waals surface area contributed by atoms with Crippen molar-refractivity contribution < 1.29 is 14.2 Å². The van der Waals surface area contributed by atoms with Crippen LogP contribution in [0.5, 0.6) is 0 Å². The van der Waals surface area contributed by atoms with Crippen molar-refractivity contribution in [2.24, 2.45) is 0 Å². The average Bonchev–Trinajstić information content (AvgIpc) is 2.43. The molecule has 1 unspecified atom stereocenters. The highest BCUT2D eigenvalue weighted by atomic mass is 32.1. The van der Waals surface area contributed by atoms with Crippen molar-refractivity contribution >= 4 is 12.6 Å². The summed E-state index contributed by atoms with van der Waals surface area (Å²) in [5, 5.41) is 0. The minimum atomic E-state index is 0.341. The lowest BCUT2D eigenvalue weighted by Gasteiger charge is -2.15. The Kier molecular flexibility index (Phi) is 8.94. The zero-order valence-electron chi connectivity index (χ0n) is 10.9. The van der Waals surface area contributed by atoms with Crippen molar-refractivity contribution in [3.05, 3.63) is 35.9 Å². The number of hydrogen-bond donors (Lipinski definition) is 1. The highest BCUT2D eigenvalue weighted by Gasteiger charge is 2.08. The molecule has 0 bridgehead atoms. The Hall–Kier alpha value is -0.550. The SMILES string of the molecule is COCCOCCOCC(CS)c1ccccc1. The van der Waals surface area contributed by atoms with Gasteiger partial charge in [0.15, 0.2) is 0 Å². The Balaban J connectivity index is 2.13. The molecule has 1 aromatic rings. The second kappa shape index (κ2) is 10.4. The molecule has 4 heteroatoms. The summed E-state index contributed by atoms with van der Waals surface area (Å²) in [5.41, 5.74) is 1.27. The van der Waals surface area contributed by atoms with Crippen LogP contribution in [0.3, 0.4) is 0 Å². The Bertz CT molecular complexity index is 292. The van der Waals surface area contributed by atoms with Gasteiger partial charge >= 0.3 is 0 Å². The molecule has 0 amide bonds. The molecule has 0 radical (unpaired) electrons.